The number of anilines is 3. The fraction of sp³-hybridized carbons (Fsp3) is 0.0625. The number of nitrogens with zero attached hydrogens (tertiary/aromatic N) is 2. The van der Waals surface area contributed by atoms with Crippen molar-refractivity contribution in [3.05, 3.63) is 108 Å². The second-order valence-corrected chi connectivity index (χ2v) is 11.0. The van der Waals surface area contributed by atoms with Crippen LogP contribution in [-0.2, 0) is 4.79 Å². The molecule has 0 atom stereocenters. The quantitative estimate of drug-likeness (QED) is 0.158. The van der Waals surface area contributed by atoms with Crippen LogP contribution in [0.2, 0.25) is 0 Å². The average Bonchev–Trinajstić information content (AvgIpc) is 3.62. The smallest absolute Gasteiger partial charge is 0.346 e. The van der Waals surface area contributed by atoms with Gasteiger partial charge in [-0.05, 0) is 60.2 Å². The van der Waals surface area contributed by atoms with E-state index >= 15 is 0 Å². The molecule has 6 rings (SSSR count). The highest BCUT2D eigenvalue weighted by Gasteiger charge is 2.27. The number of aliphatic carboxylic acids is 1. The van der Waals surface area contributed by atoms with Crippen molar-refractivity contribution in [2.24, 2.45) is 0 Å². The molecular formula is C32H22N2O4S2. The van der Waals surface area contributed by atoms with Crippen molar-refractivity contribution in [2.45, 2.75) is 0 Å². The summed E-state index contributed by atoms with van der Waals surface area (Å²) in [6, 6.07) is 34.4. The standard InChI is InChI=1S/C32H22N2O4S2/c33-20-22(32(35)36)19-26-15-16-27(39-26)31-29-28(37-17-18-38-29)30(40-31)21-11-13-25(14-12-21)34(23-7-3-1-4-8-23)24-9-5-2-6-10-24/h1-16,19H,17-18H2,(H,35,36)/b22-19+. The predicted octanol–water partition coefficient (Wildman–Crippen LogP) is 8.38. The number of nitriles is 1. The zero-order valence-electron chi connectivity index (χ0n) is 21.1. The Morgan fingerprint density at radius 1 is 0.775 bits per heavy atom. The normalized spacial score (nSPS) is 12.5. The first-order valence-electron chi connectivity index (χ1n) is 12.5. The van der Waals surface area contributed by atoms with Crippen LogP contribution in [0, 0.1) is 11.3 Å². The maximum Gasteiger partial charge on any atom is 0.346 e. The molecule has 6 nitrogen and oxygen atoms in total. The number of benzene rings is 3. The van der Waals surface area contributed by atoms with Crippen molar-refractivity contribution in [3.63, 3.8) is 0 Å². The van der Waals surface area contributed by atoms with E-state index in [9.17, 15) is 9.90 Å². The maximum atomic E-state index is 11.3. The molecule has 8 heteroatoms. The lowest BCUT2D eigenvalue weighted by molar-refractivity contribution is -0.132. The van der Waals surface area contributed by atoms with Crippen LogP contribution < -0.4 is 14.4 Å². The maximum absolute atomic E-state index is 11.3. The van der Waals surface area contributed by atoms with Gasteiger partial charge in [0.25, 0.3) is 0 Å². The number of carboxylic acid groups (broad SMARTS) is 1. The highest BCUT2D eigenvalue weighted by Crippen LogP contribution is 2.55. The molecule has 3 aromatic carbocycles. The van der Waals surface area contributed by atoms with Gasteiger partial charge in [0.15, 0.2) is 11.5 Å². The van der Waals surface area contributed by atoms with E-state index in [4.69, 9.17) is 14.7 Å². The van der Waals surface area contributed by atoms with E-state index < -0.39 is 5.97 Å². The Balaban J connectivity index is 1.37. The molecule has 196 valence electrons. The van der Waals surface area contributed by atoms with Gasteiger partial charge in [-0.1, -0.05) is 48.5 Å². The number of ether oxygens (including phenoxy) is 2. The third-order valence-electron chi connectivity index (χ3n) is 6.30. The number of rotatable bonds is 7. The van der Waals surface area contributed by atoms with E-state index in [1.54, 1.807) is 17.4 Å². The van der Waals surface area contributed by atoms with Gasteiger partial charge in [-0.2, -0.15) is 5.26 Å². The summed E-state index contributed by atoms with van der Waals surface area (Å²) in [7, 11) is 0. The molecular weight excluding hydrogens is 540 g/mol. The first kappa shape index (κ1) is 25.4. The van der Waals surface area contributed by atoms with Crippen LogP contribution in [0.15, 0.2) is 103 Å². The van der Waals surface area contributed by atoms with Crippen molar-refractivity contribution in [1.29, 1.82) is 5.26 Å². The topological polar surface area (TPSA) is 82.8 Å². The van der Waals surface area contributed by atoms with Gasteiger partial charge >= 0.3 is 5.97 Å². The lowest BCUT2D eigenvalue weighted by Crippen LogP contribution is -2.14. The Morgan fingerprint density at radius 2 is 1.35 bits per heavy atom. The average molecular weight is 563 g/mol. The van der Waals surface area contributed by atoms with Crippen molar-refractivity contribution in [3.8, 4) is 37.8 Å². The van der Waals surface area contributed by atoms with Crippen molar-refractivity contribution < 1.29 is 19.4 Å². The van der Waals surface area contributed by atoms with Gasteiger partial charge in [0.1, 0.15) is 24.9 Å². The molecule has 2 aromatic heterocycles. The SMILES string of the molecule is N#C/C(=C\c1ccc(-c2sc(-c3ccc(N(c4ccccc4)c4ccccc4)cc3)c3c2OCCO3)s1)C(=O)O. The third-order valence-corrected chi connectivity index (χ3v) is 8.72. The molecule has 1 N–H and O–H groups in total. The number of para-hydroxylation sites is 2. The summed E-state index contributed by atoms with van der Waals surface area (Å²) in [4.78, 5) is 17.0. The van der Waals surface area contributed by atoms with Gasteiger partial charge in [0.05, 0.1) is 9.75 Å². The van der Waals surface area contributed by atoms with Gasteiger partial charge in [-0.15, -0.1) is 22.7 Å². The molecule has 0 saturated heterocycles. The molecule has 5 aromatic rings. The van der Waals surface area contributed by atoms with Crippen LogP contribution >= 0.6 is 22.7 Å². The van der Waals surface area contributed by atoms with Gasteiger partial charge < -0.3 is 19.5 Å². The summed E-state index contributed by atoms with van der Waals surface area (Å²) in [5.74, 6) is 0.170. The minimum atomic E-state index is -1.24. The molecule has 0 aliphatic carbocycles. The van der Waals surface area contributed by atoms with Gasteiger partial charge in [-0.25, -0.2) is 4.79 Å². The molecule has 0 amide bonds. The summed E-state index contributed by atoms with van der Waals surface area (Å²) < 4.78 is 12.2. The number of fused-ring (bicyclic) bond motifs is 1. The Hall–Kier alpha value is -4.84. The molecule has 0 fully saturated rings. The van der Waals surface area contributed by atoms with E-state index in [1.165, 1.54) is 17.4 Å². The number of thiophene rings is 2. The van der Waals surface area contributed by atoms with Crippen LogP contribution in [0.4, 0.5) is 17.1 Å². The second kappa shape index (κ2) is 11.1. The number of carboxylic acids is 1. The van der Waals surface area contributed by atoms with Crippen LogP contribution in [0.5, 0.6) is 11.5 Å². The number of hydrogen-bond donors (Lipinski definition) is 1. The van der Waals surface area contributed by atoms with Crippen LogP contribution in [0.3, 0.4) is 0 Å². The van der Waals surface area contributed by atoms with E-state index in [1.807, 2.05) is 48.5 Å². The lowest BCUT2D eigenvalue weighted by atomic mass is 10.1. The van der Waals surface area contributed by atoms with Gasteiger partial charge in [0.2, 0.25) is 0 Å². The molecule has 0 spiro atoms. The zero-order chi connectivity index (χ0) is 27.5. The molecule has 1 aliphatic rings. The molecule has 0 saturated carbocycles. The molecule has 40 heavy (non-hydrogen) atoms. The Kier molecular flexibility index (Phi) is 7.06. The third kappa shape index (κ3) is 4.96. The Labute approximate surface area is 239 Å². The van der Waals surface area contributed by atoms with Gasteiger partial charge in [0, 0.05) is 26.8 Å². The van der Waals surface area contributed by atoms with Crippen molar-refractivity contribution in [2.75, 3.05) is 18.1 Å². The van der Waals surface area contributed by atoms with Crippen molar-refractivity contribution in [1.82, 2.24) is 0 Å². The van der Waals surface area contributed by atoms with Crippen LogP contribution in [0.25, 0.3) is 26.3 Å². The van der Waals surface area contributed by atoms with Crippen molar-refractivity contribution >= 4 is 51.8 Å². The molecule has 3 heterocycles. The first-order valence-corrected chi connectivity index (χ1v) is 14.1. The fourth-order valence-electron chi connectivity index (χ4n) is 4.50. The fourth-order valence-corrected chi connectivity index (χ4v) is 6.76. The highest BCUT2D eigenvalue weighted by atomic mass is 32.1. The first-order chi connectivity index (χ1) is 19.6. The predicted molar refractivity (Wildman–Crippen MR) is 160 cm³/mol. The summed E-state index contributed by atoms with van der Waals surface area (Å²) in [5.41, 5.74) is 3.88. The minimum Gasteiger partial charge on any atom is -0.485 e. The number of hydrogen-bond acceptors (Lipinski definition) is 7. The van der Waals surface area contributed by atoms with E-state index in [-0.39, 0.29) is 5.57 Å². The summed E-state index contributed by atoms with van der Waals surface area (Å²) in [6.45, 7) is 0.917. The van der Waals surface area contributed by atoms with E-state index in [0.29, 0.717) is 23.8 Å². The summed E-state index contributed by atoms with van der Waals surface area (Å²) in [5, 5.41) is 18.3. The monoisotopic (exact) mass is 562 g/mol. The Bertz CT molecular complexity index is 1690. The largest absolute Gasteiger partial charge is 0.485 e. The van der Waals surface area contributed by atoms with Crippen LogP contribution in [-0.4, -0.2) is 24.3 Å². The minimum absolute atomic E-state index is 0.304. The van der Waals surface area contributed by atoms with E-state index in [2.05, 4.69) is 53.4 Å². The molecule has 1 aliphatic heterocycles. The molecule has 0 radical (unpaired) electrons. The Morgan fingerprint density at radius 3 is 1.93 bits per heavy atom. The summed E-state index contributed by atoms with van der Waals surface area (Å²) in [6.07, 6.45) is 1.39. The zero-order valence-corrected chi connectivity index (χ0v) is 22.7. The summed E-state index contributed by atoms with van der Waals surface area (Å²) >= 11 is 2.98. The van der Waals surface area contributed by atoms with Crippen LogP contribution in [0.1, 0.15) is 4.88 Å². The number of carbonyl (C=O) groups is 1. The molecule has 0 unspecified atom stereocenters. The molecule has 0 bridgehead atoms. The van der Waals surface area contributed by atoms with E-state index in [0.717, 1.165) is 43.0 Å². The van der Waals surface area contributed by atoms with Gasteiger partial charge in [-0.3, -0.25) is 0 Å². The highest BCUT2D eigenvalue weighted by molar-refractivity contribution is 7.24. The second-order valence-electron chi connectivity index (χ2n) is 8.85. The lowest BCUT2D eigenvalue weighted by Gasteiger charge is -2.25.